The molecule has 0 aromatic heterocycles. The Morgan fingerprint density at radius 3 is 2.90 bits per heavy atom. The van der Waals surface area contributed by atoms with Crippen LogP contribution in [0.1, 0.15) is 32.3 Å². The summed E-state index contributed by atoms with van der Waals surface area (Å²) in [6.07, 6.45) is 2.88. The lowest BCUT2D eigenvalue weighted by Gasteiger charge is -2.38. The lowest BCUT2D eigenvalue weighted by atomic mass is 9.77. The highest BCUT2D eigenvalue weighted by atomic mass is 35.5. The third-order valence-corrected chi connectivity index (χ3v) is 4.31. The van der Waals surface area contributed by atoms with Crippen molar-refractivity contribution < 1.29 is 9.13 Å². The summed E-state index contributed by atoms with van der Waals surface area (Å²) in [6.45, 7) is 6.66. The van der Waals surface area contributed by atoms with Crippen molar-refractivity contribution in [3.63, 3.8) is 0 Å². The molecule has 0 saturated carbocycles. The molecular weight excluding hydrogens is 277 g/mol. The molecule has 0 bridgehead atoms. The first-order valence-corrected chi connectivity index (χ1v) is 7.64. The number of hydrogen-bond acceptors (Lipinski definition) is 2. The summed E-state index contributed by atoms with van der Waals surface area (Å²) in [7, 11) is 0. The maximum absolute atomic E-state index is 13.6. The maximum Gasteiger partial charge on any atom is 0.142 e. The smallest absolute Gasteiger partial charge is 0.142 e. The van der Waals surface area contributed by atoms with Crippen molar-refractivity contribution in [3.05, 3.63) is 34.6 Å². The molecule has 4 heteroatoms. The van der Waals surface area contributed by atoms with Gasteiger partial charge in [0.25, 0.3) is 0 Å². The zero-order chi connectivity index (χ0) is 14.6. The monoisotopic (exact) mass is 299 g/mol. The SMILES string of the molecule is CC(C)NCC1(Cc2cccc(F)c2Cl)CCCOC1. The van der Waals surface area contributed by atoms with Crippen molar-refractivity contribution in [1.82, 2.24) is 5.32 Å². The molecule has 1 fully saturated rings. The summed E-state index contributed by atoms with van der Waals surface area (Å²) in [6, 6.07) is 5.47. The molecule has 1 aromatic carbocycles. The van der Waals surface area contributed by atoms with Gasteiger partial charge >= 0.3 is 0 Å². The van der Waals surface area contributed by atoms with Crippen molar-refractivity contribution in [2.75, 3.05) is 19.8 Å². The molecule has 20 heavy (non-hydrogen) atoms. The van der Waals surface area contributed by atoms with E-state index in [2.05, 4.69) is 19.2 Å². The van der Waals surface area contributed by atoms with Crippen LogP contribution >= 0.6 is 11.6 Å². The fourth-order valence-electron chi connectivity index (χ4n) is 2.76. The van der Waals surface area contributed by atoms with Gasteiger partial charge in [-0.3, -0.25) is 0 Å². The van der Waals surface area contributed by atoms with Crippen molar-refractivity contribution in [2.45, 2.75) is 39.2 Å². The van der Waals surface area contributed by atoms with E-state index in [1.165, 1.54) is 6.07 Å². The minimum atomic E-state index is -0.340. The molecule has 1 atom stereocenters. The second-order valence-electron chi connectivity index (χ2n) is 6.08. The summed E-state index contributed by atoms with van der Waals surface area (Å²) in [4.78, 5) is 0. The van der Waals surface area contributed by atoms with E-state index in [4.69, 9.17) is 16.3 Å². The molecule has 0 radical (unpaired) electrons. The average molecular weight is 300 g/mol. The maximum atomic E-state index is 13.6. The molecular formula is C16H23ClFNO. The third-order valence-electron chi connectivity index (χ3n) is 3.89. The fraction of sp³-hybridized carbons (Fsp3) is 0.625. The van der Waals surface area contributed by atoms with Crippen molar-refractivity contribution >= 4 is 11.6 Å². The highest BCUT2D eigenvalue weighted by Gasteiger charge is 2.34. The van der Waals surface area contributed by atoms with Crippen LogP contribution in [-0.4, -0.2) is 25.8 Å². The Bertz CT molecular complexity index is 444. The molecule has 1 aromatic rings. The molecule has 1 heterocycles. The zero-order valence-corrected chi connectivity index (χ0v) is 13.0. The van der Waals surface area contributed by atoms with E-state index in [1.54, 1.807) is 6.07 Å². The van der Waals surface area contributed by atoms with Gasteiger partial charge in [-0.15, -0.1) is 0 Å². The molecule has 1 aliphatic rings. The highest BCUT2D eigenvalue weighted by Crippen LogP contribution is 2.34. The van der Waals surface area contributed by atoms with Crippen molar-refractivity contribution in [2.24, 2.45) is 5.41 Å². The standard InChI is InChI=1S/C16H23ClFNO/c1-12(2)19-10-16(7-4-8-20-11-16)9-13-5-3-6-14(18)15(13)17/h3,5-6,12,19H,4,7-11H2,1-2H3. The topological polar surface area (TPSA) is 21.3 Å². The minimum absolute atomic E-state index is 0.0138. The third kappa shape index (κ3) is 3.94. The van der Waals surface area contributed by atoms with Gasteiger partial charge in [-0.2, -0.15) is 0 Å². The Morgan fingerprint density at radius 2 is 2.25 bits per heavy atom. The Labute approximate surface area is 125 Å². The van der Waals surface area contributed by atoms with E-state index >= 15 is 0 Å². The van der Waals surface area contributed by atoms with Crippen LogP contribution in [0.4, 0.5) is 4.39 Å². The normalized spacial score (nSPS) is 23.2. The van der Waals surface area contributed by atoms with E-state index in [9.17, 15) is 4.39 Å². The predicted molar refractivity (Wildman–Crippen MR) is 80.7 cm³/mol. The number of nitrogens with one attached hydrogen (secondary N) is 1. The van der Waals surface area contributed by atoms with Gasteiger partial charge < -0.3 is 10.1 Å². The predicted octanol–water partition coefficient (Wildman–Crippen LogP) is 3.82. The van der Waals surface area contributed by atoms with Crippen molar-refractivity contribution in [1.29, 1.82) is 0 Å². The molecule has 112 valence electrons. The average Bonchev–Trinajstić information content (AvgIpc) is 2.43. The van der Waals surface area contributed by atoms with Crippen LogP contribution in [0.2, 0.25) is 5.02 Å². The van der Waals surface area contributed by atoms with Gasteiger partial charge in [0.2, 0.25) is 0 Å². The summed E-state index contributed by atoms with van der Waals surface area (Å²) < 4.78 is 19.3. The first kappa shape index (κ1) is 15.7. The van der Waals surface area contributed by atoms with Gasteiger partial charge in [-0.05, 0) is 30.9 Å². The van der Waals surface area contributed by atoms with Gasteiger partial charge in [-0.1, -0.05) is 37.6 Å². The number of hydrogen-bond donors (Lipinski definition) is 1. The summed E-state index contributed by atoms with van der Waals surface area (Å²) in [5.74, 6) is -0.340. The Kier molecular flexibility index (Phi) is 5.42. The van der Waals surface area contributed by atoms with E-state index in [0.717, 1.165) is 38.0 Å². The van der Waals surface area contributed by atoms with Crippen LogP contribution in [0.25, 0.3) is 0 Å². The van der Waals surface area contributed by atoms with Crippen LogP contribution < -0.4 is 5.32 Å². The first-order chi connectivity index (χ1) is 9.52. The lowest BCUT2D eigenvalue weighted by Crippen LogP contribution is -2.44. The van der Waals surface area contributed by atoms with Crippen LogP contribution in [-0.2, 0) is 11.2 Å². The Morgan fingerprint density at radius 1 is 1.45 bits per heavy atom. The summed E-state index contributed by atoms with van der Waals surface area (Å²) in [5, 5.41) is 3.75. The fourth-order valence-corrected chi connectivity index (χ4v) is 2.95. The number of ether oxygens (including phenoxy) is 1. The van der Waals surface area contributed by atoms with E-state index in [-0.39, 0.29) is 16.3 Å². The molecule has 1 saturated heterocycles. The Hall–Kier alpha value is -0.640. The zero-order valence-electron chi connectivity index (χ0n) is 12.2. The molecule has 1 N–H and O–H groups in total. The lowest BCUT2D eigenvalue weighted by molar-refractivity contribution is -0.00803. The first-order valence-electron chi connectivity index (χ1n) is 7.26. The van der Waals surface area contributed by atoms with Gasteiger partial charge in [0.15, 0.2) is 0 Å². The van der Waals surface area contributed by atoms with Gasteiger partial charge in [0.05, 0.1) is 11.6 Å². The molecule has 1 unspecified atom stereocenters. The molecule has 0 spiro atoms. The van der Waals surface area contributed by atoms with Crippen LogP contribution in [0.15, 0.2) is 18.2 Å². The van der Waals surface area contributed by atoms with E-state index in [1.807, 2.05) is 6.07 Å². The van der Waals surface area contributed by atoms with Gasteiger partial charge in [-0.25, -0.2) is 4.39 Å². The molecule has 2 nitrogen and oxygen atoms in total. The molecule has 0 amide bonds. The van der Waals surface area contributed by atoms with Gasteiger partial charge in [0.1, 0.15) is 5.82 Å². The number of benzene rings is 1. The second kappa shape index (κ2) is 6.88. The van der Waals surface area contributed by atoms with E-state index < -0.39 is 0 Å². The van der Waals surface area contributed by atoms with Crippen LogP contribution in [0.5, 0.6) is 0 Å². The Balaban J connectivity index is 2.16. The van der Waals surface area contributed by atoms with Crippen LogP contribution in [0, 0.1) is 11.2 Å². The van der Waals surface area contributed by atoms with E-state index in [0.29, 0.717) is 12.6 Å². The quantitative estimate of drug-likeness (QED) is 0.892. The molecule has 1 aliphatic heterocycles. The minimum Gasteiger partial charge on any atom is -0.381 e. The summed E-state index contributed by atoms with van der Waals surface area (Å²) >= 11 is 6.10. The molecule has 0 aliphatic carbocycles. The number of halogens is 2. The van der Waals surface area contributed by atoms with Crippen molar-refractivity contribution in [3.8, 4) is 0 Å². The van der Waals surface area contributed by atoms with Gasteiger partial charge in [0, 0.05) is 24.6 Å². The highest BCUT2D eigenvalue weighted by molar-refractivity contribution is 6.31. The summed E-state index contributed by atoms with van der Waals surface area (Å²) in [5.41, 5.74) is 0.891. The van der Waals surface area contributed by atoms with Crippen LogP contribution in [0.3, 0.4) is 0 Å². The second-order valence-corrected chi connectivity index (χ2v) is 6.46. The number of rotatable bonds is 5. The largest absolute Gasteiger partial charge is 0.381 e. The molecule has 2 rings (SSSR count).